The van der Waals surface area contributed by atoms with Gasteiger partial charge in [-0.2, -0.15) is 0 Å². The largest absolute Gasteiger partial charge is 0.271 e. The molecule has 1 rings (SSSR count). The van der Waals surface area contributed by atoms with Gasteiger partial charge in [0, 0.05) is 15.7 Å². The van der Waals surface area contributed by atoms with Gasteiger partial charge in [-0.1, -0.05) is 12.1 Å². The molecular formula is C7H9ClFIN2. The van der Waals surface area contributed by atoms with Gasteiger partial charge in [0.05, 0.1) is 0 Å². The van der Waals surface area contributed by atoms with Crippen molar-refractivity contribution in [3.8, 4) is 0 Å². The van der Waals surface area contributed by atoms with Crippen LogP contribution in [0.25, 0.3) is 0 Å². The van der Waals surface area contributed by atoms with Crippen molar-refractivity contribution in [2.75, 3.05) is 0 Å². The summed E-state index contributed by atoms with van der Waals surface area (Å²) in [5.74, 6) is 4.87. The standard InChI is InChI=1S/C7H8FIN2.ClH/c8-7-5(4-11-10)2-1-3-6(7)9;/h1-3,11H,4,10H2;1H. The molecule has 1 aromatic rings. The fourth-order valence-corrected chi connectivity index (χ4v) is 1.35. The highest BCUT2D eigenvalue weighted by Crippen LogP contribution is 2.14. The van der Waals surface area contributed by atoms with Crippen LogP contribution in [0.4, 0.5) is 4.39 Å². The van der Waals surface area contributed by atoms with Crippen LogP contribution in [0.15, 0.2) is 18.2 Å². The van der Waals surface area contributed by atoms with Crippen molar-refractivity contribution in [1.82, 2.24) is 5.43 Å². The molecule has 0 unspecified atom stereocenters. The Bertz CT molecular complexity index is 257. The first-order chi connectivity index (χ1) is 5.25. The van der Waals surface area contributed by atoms with Gasteiger partial charge >= 0.3 is 0 Å². The normalized spacial score (nSPS) is 9.25. The third-order valence-corrected chi connectivity index (χ3v) is 2.16. The molecule has 68 valence electrons. The lowest BCUT2D eigenvalue weighted by atomic mass is 10.2. The van der Waals surface area contributed by atoms with E-state index < -0.39 is 0 Å². The Morgan fingerprint density at radius 2 is 2.17 bits per heavy atom. The molecule has 0 aliphatic carbocycles. The molecule has 0 heterocycles. The predicted octanol–water partition coefficient (Wildman–Crippen LogP) is 1.82. The fourth-order valence-electron chi connectivity index (χ4n) is 0.795. The number of hydrogen-bond donors (Lipinski definition) is 2. The van der Waals surface area contributed by atoms with E-state index in [9.17, 15) is 4.39 Å². The van der Waals surface area contributed by atoms with Crippen molar-refractivity contribution < 1.29 is 4.39 Å². The number of nitrogens with two attached hydrogens (primary N) is 1. The zero-order valence-corrected chi connectivity index (χ0v) is 9.15. The van der Waals surface area contributed by atoms with Gasteiger partial charge < -0.3 is 0 Å². The molecule has 3 N–H and O–H groups in total. The second-order valence-electron chi connectivity index (χ2n) is 2.09. The van der Waals surface area contributed by atoms with E-state index in [0.29, 0.717) is 15.7 Å². The number of halogens is 3. The summed E-state index contributed by atoms with van der Waals surface area (Å²) in [5.41, 5.74) is 3.01. The second kappa shape index (κ2) is 5.69. The minimum atomic E-state index is -0.189. The number of nitrogens with one attached hydrogen (secondary N) is 1. The van der Waals surface area contributed by atoms with Crippen molar-refractivity contribution in [3.05, 3.63) is 33.1 Å². The molecule has 0 radical (unpaired) electrons. The van der Waals surface area contributed by atoms with Crippen LogP contribution < -0.4 is 11.3 Å². The van der Waals surface area contributed by atoms with E-state index in [-0.39, 0.29) is 18.2 Å². The summed E-state index contributed by atoms with van der Waals surface area (Å²) < 4.78 is 13.7. The van der Waals surface area contributed by atoms with Crippen molar-refractivity contribution in [1.29, 1.82) is 0 Å². The first-order valence-electron chi connectivity index (χ1n) is 3.12. The molecule has 0 saturated heterocycles. The zero-order chi connectivity index (χ0) is 8.27. The Kier molecular flexibility index (Phi) is 5.73. The van der Waals surface area contributed by atoms with Crippen LogP contribution in [-0.4, -0.2) is 0 Å². The van der Waals surface area contributed by atoms with Gasteiger partial charge in [0.2, 0.25) is 0 Å². The molecule has 0 bridgehead atoms. The van der Waals surface area contributed by atoms with Gasteiger partial charge in [-0.25, -0.2) is 4.39 Å². The smallest absolute Gasteiger partial charge is 0.141 e. The van der Waals surface area contributed by atoms with E-state index in [2.05, 4.69) is 5.43 Å². The summed E-state index contributed by atoms with van der Waals surface area (Å²) in [6.45, 7) is 0.364. The Morgan fingerprint density at radius 3 is 2.75 bits per heavy atom. The topological polar surface area (TPSA) is 38.0 Å². The number of hydrogen-bond acceptors (Lipinski definition) is 2. The first-order valence-corrected chi connectivity index (χ1v) is 4.20. The summed E-state index contributed by atoms with van der Waals surface area (Å²) in [7, 11) is 0. The van der Waals surface area contributed by atoms with Crippen molar-refractivity contribution in [3.63, 3.8) is 0 Å². The highest BCUT2D eigenvalue weighted by molar-refractivity contribution is 14.1. The SMILES string of the molecule is Cl.NNCc1cccc(I)c1F. The average molecular weight is 303 g/mol. The summed E-state index contributed by atoms with van der Waals surface area (Å²) in [6.07, 6.45) is 0. The fraction of sp³-hybridized carbons (Fsp3) is 0.143. The highest BCUT2D eigenvalue weighted by Gasteiger charge is 2.03. The minimum absolute atomic E-state index is 0. The molecule has 1 aromatic carbocycles. The minimum Gasteiger partial charge on any atom is -0.271 e. The van der Waals surface area contributed by atoms with Crippen LogP contribution in [-0.2, 0) is 6.54 Å². The third kappa shape index (κ3) is 2.85. The van der Waals surface area contributed by atoms with Crippen LogP contribution in [0, 0.1) is 9.39 Å². The van der Waals surface area contributed by atoms with Gasteiger partial charge in [-0.3, -0.25) is 11.3 Å². The first kappa shape index (κ1) is 12.1. The molecule has 0 aliphatic heterocycles. The van der Waals surface area contributed by atoms with Crippen LogP contribution in [0.5, 0.6) is 0 Å². The van der Waals surface area contributed by atoms with E-state index in [1.54, 1.807) is 18.2 Å². The molecule has 0 spiro atoms. The second-order valence-corrected chi connectivity index (χ2v) is 3.26. The van der Waals surface area contributed by atoms with Crippen LogP contribution in [0.1, 0.15) is 5.56 Å². The number of benzene rings is 1. The van der Waals surface area contributed by atoms with E-state index in [4.69, 9.17) is 5.84 Å². The molecule has 12 heavy (non-hydrogen) atoms. The molecule has 0 amide bonds. The van der Waals surface area contributed by atoms with E-state index in [0.717, 1.165) is 0 Å². The summed E-state index contributed by atoms with van der Waals surface area (Å²) in [4.78, 5) is 0. The molecule has 0 saturated carbocycles. The summed E-state index contributed by atoms with van der Waals surface area (Å²) in [5, 5.41) is 0. The molecule has 0 aliphatic rings. The average Bonchev–Trinajstić information content (AvgIpc) is 1.99. The number of rotatable bonds is 2. The molecule has 0 aromatic heterocycles. The van der Waals surface area contributed by atoms with Gasteiger partial charge in [0.25, 0.3) is 0 Å². The molecule has 0 fully saturated rings. The Balaban J connectivity index is 0.00000121. The lowest BCUT2D eigenvalue weighted by Crippen LogP contribution is -2.21. The lowest BCUT2D eigenvalue weighted by molar-refractivity contribution is 0.587. The van der Waals surface area contributed by atoms with Crippen molar-refractivity contribution in [2.24, 2.45) is 5.84 Å². The summed E-state index contributed by atoms with van der Waals surface area (Å²) in [6, 6.07) is 5.23. The molecule has 0 atom stereocenters. The Labute approximate surface area is 90.2 Å². The lowest BCUT2D eigenvalue weighted by Gasteiger charge is -2.02. The highest BCUT2D eigenvalue weighted by atomic mass is 127. The quantitative estimate of drug-likeness (QED) is 0.497. The third-order valence-electron chi connectivity index (χ3n) is 1.32. The van der Waals surface area contributed by atoms with Crippen LogP contribution in [0.2, 0.25) is 0 Å². The molecular weight excluding hydrogens is 293 g/mol. The monoisotopic (exact) mass is 302 g/mol. The maximum atomic E-state index is 13.1. The molecule has 5 heteroatoms. The molecule has 2 nitrogen and oxygen atoms in total. The maximum absolute atomic E-state index is 13.1. The van der Waals surface area contributed by atoms with Crippen molar-refractivity contribution in [2.45, 2.75) is 6.54 Å². The van der Waals surface area contributed by atoms with Crippen LogP contribution >= 0.6 is 35.0 Å². The van der Waals surface area contributed by atoms with Gasteiger partial charge in [0.15, 0.2) is 0 Å². The summed E-state index contributed by atoms with van der Waals surface area (Å²) >= 11 is 1.95. The van der Waals surface area contributed by atoms with E-state index >= 15 is 0 Å². The van der Waals surface area contributed by atoms with E-state index in [1.807, 2.05) is 22.6 Å². The van der Waals surface area contributed by atoms with Crippen molar-refractivity contribution >= 4 is 35.0 Å². The predicted molar refractivity (Wildman–Crippen MR) is 57.4 cm³/mol. The van der Waals surface area contributed by atoms with Crippen LogP contribution in [0.3, 0.4) is 0 Å². The van der Waals surface area contributed by atoms with E-state index in [1.165, 1.54) is 0 Å². The number of hydrazine groups is 1. The maximum Gasteiger partial charge on any atom is 0.141 e. The van der Waals surface area contributed by atoms with Gasteiger partial charge in [-0.05, 0) is 28.7 Å². The van der Waals surface area contributed by atoms with Gasteiger partial charge in [-0.15, -0.1) is 12.4 Å². The Morgan fingerprint density at radius 1 is 1.50 bits per heavy atom. The zero-order valence-electron chi connectivity index (χ0n) is 6.18. The van der Waals surface area contributed by atoms with Gasteiger partial charge in [0.1, 0.15) is 5.82 Å². The Hall–Kier alpha value is 0.0900.